The third-order valence-corrected chi connectivity index (χ3v) is 2.51. The van der Waals surface area contributed by atoms with Gasteiger partial charge in [0.2, 0.25) is 5.82 Å². The van der Waals surface area contributed by atoms with Crippen LogP contribution in [0, 0.1) is 11.6 Å². The first-order valence-corrected chi connectivity index (χ1v) is 5.84. The first kappa shape index (κ1) is 15.4. The monoisotopic (exact) mass is 273 g/mol. The van der Waals surface area contributed by atoms with Crippen molar-refractivity contribution in [1.29, 1.82) is 0 Å². The molecule has 4 nitrogen and oxygen atoms in total. The van der Waals surface area contributed by atoms with Gasteiger partial charge in [0.15, 0.2) is 11.6 Å². The number of halogens is 2. The third-order valence-electron chi connectivity index (χ3n) is 2.51. The number of carbonyl (C=O) groups is 1. The second-order valence-electron chi connectivity index (χ2n) is 4.78. The van der Waals surface area contributed by atoms with Crippen LogP contribution in [0.5, 0.6) is 5.75 Å². The average molecular weight is 273 g/mol. The van der Waals surface area contributed by atoms with Gasteiger partial charge in [0.25, 0.3) is 0 Å². The lowest BCUT2D eigenvalue weighted by Crippen LogP contribution is -2.56. The molecule has 0 bridgehead atoms. The SMILES string of the molecule is CC(C)NC(C)(COc1cccc(F)c1F)C(=O)O. The summed E-state index contributed by atoms with van der Waals surface area (Å²) in [5.41, 5.74) is -1.38. The molecule has 0 heterocycles. The van der Waals surface area contributed by atoms with Crippen molar-refractivity contribution in [2.75, 3.05) is 6.61 Å². The molecule has 1 aromatic rings. The van der Waals surface area contributed by atoms with E-state index in [2.05, 4.69) is 5.32 Å². The molecule has 0 amide bonds. The largest absolute Gasteiger partial charge is 0.488 e. The summed E-state index contributed by atoms with van der Waals surface area (Å²) in [5.74, 6) is -3.60. The van der Waals surface area contributed by atoms with Crippen LogP contribution in [0.15, 0.2) is 18.2 Å². The van der Waals surface area contributed by atoms with Gasteiger partial charge in [-0.15, -0.1) is 0 Å². The maximum atomic E-state index is 13.4. The quantitative estimate of drug-likeness (QED) is 0.834. The van der Waals surface area contributed by atoms with Gasteiger partial charge in [-0.1, -0.05) is 6.07 Å². The molecule has 0 aliphatic heterocycles. The predicted molar refractivity (Wildman–Crippen MR) is 66.2 cm³/mol. The lowest BCUT2D eigenvalue weighted by Gasteiger charge is -2.28. The van der Waals surface area contributed by atoms with Crippen LogP contribution in [0.1, 0.15) is 20.8 Å². The molecule has 0 radical (unpaired) electrons. The maximum absolute atomic E-state index is 13.4. The molecule has 0 spiro atoms. The van der Waals surface area contributed by atoms with E-state index in [1.54, 1.807) is 13.8 Å². The van der Waals surface area contributed by atoms with Crippen LogP contribution < -0.4 is 10.1 Å². The summed E-state index contributed by atoms with van der Waals surface area (Å²) < 4.78 is 31.4. The summed E-state index contributed by atoms with van der Waals surface area (Å²) in [7, 11) is 0. The second-order valence-corrected chi connectivity index (χ2v) is 4.78. The van der Waals surface area contributed by atoms with Crippen LogP contribution in [0.25, 0.3) is 0 Å². The highest BCUT2D eigenvalue weighted by Crippen LogP contribution is 2.20. The molecule has 1 aromatic carbocycles. The Kier molecular flexibility index (Phi) is 4.83. The van der Waals surface area contributed by atoms with E-state index in [1.807, 2.05) is 0 Å². The highest BCUT2D eigenvalue weighted by Gasteiger charge is 2.35. The Balaban J connectivity index is 2.82. The molecular weight excluding hydrogens is 256 g/mol. The third kappa shape index (κ3) is 3.89. The molecule has 1 atom stereocenters. The number of carboxylic acids is 1. The highest BCUT2D eigenvalue weighted by atomic mass is 19.2. The molecule has 1 rings (SSSR count). The molecule has 0 aromatic heterocycles. The van der Waals surface area contributed by atoms with E-state index in [0.29, 0.717) is 0 Å². The Labute approximate surface area is 110 Å². The van der Waals surface area contributed by atoms with E-state index in [4.69, 9.17) is 4.74 Å². The summed E-state index contributed by atoms with van der Waals surface area (Å²) in [6.45, 7) is 4.67. The number of benzene rings is 1. The lowest BCUT2D eigenvalue weighted by atomic mass is 10.0. The minimum absolute atomic E-state index is 0.0953. The predicted octanol–water partition coefficient (Wildman–Crippen LogP) is 2.18. The topological polar surface area (TPSA) is 58.6 Å². The van der Waals surface area contributed by atoms with Crippen molar-refractivity contribution in [2.45, 2.75) is 32.4 Å². The normalized spacial score (nSPS) is 14.2. The van der Waals surface area contributed by atoms with Crippen LogP contribution >= 0.6 is 0 Å². The van der Waals surface area contributed by atoms with Gasteiger partial charge in [0.05, 0.1) is 0 Å². The Bertz CT molecular complexity index is 465. The van der Waals surface area contributed by atoms with Crippen molar-refractivity contribution in [3.63, 3.8) is 0 Å². The van der Waals surface area contributed by atoms with E-state index in [1.165, 1.54) is 19.1 Å². The molecule has 1 unspecified atom stereocenters. The number of hydrogen-bond acceptors (Lipinski definition) is 3. The van der Waals surface area contributed by atoms with E-state index < -0.39 is 23.1 Å². The molecule has 0 aliphatic carbocycles. The van der Waals surface area contributed by atoms with Gasteiger partial charge in [-0.25, -0.2) is 4.39 Å². The van der Waals surface area contributed by atoms with Crippen molar-refractivity contribution in [3.05, 3.63) is 29.8 Å². The van der Waals surface area contributed by atoms with Crippen LogP contribution in [-0.4, -0.2) is 29.3 Å². The molecule has 0 saturated carbocycles. The van der Waals surface area contributed by atoms with Crippen molar-refractivity contribution >= 4 is 5.97 Å². The fraction of sp³-hybridized carbons (Fsp3) is 0.462. The average Bonchev–Trinajstić information content (AvgIpc) is 2.30. The maximum Gasteiger partial charge on any atom is 0.327 e. The molecule has 0 aliphatic rings. The minimum atomic E-state index is -1.38. The molecular formula is C13H17F2NO3. The lowest BCUT2D eigenvalue weighted by molar-refractivity contribution is -0.145. The number of aliphatic carboxylic acids is 1. The van der Waals surface area contributed by atoms with Gasteiger partial charge in [0, 0.05) is 6.04 Å². The molecule has 0 saturated heterocycles. The van der Waals surface area contributed by atoms with Gasteiger partial charge in [-0.3, -0.25) is 10.1 Å². The van der Waals surface area contributed by atoms with Gasteiger partial charge >= 0.3 is 5.97 Å². The van der Waals surface area contributed by atoms with Gasteiger partial charge in [0.1, 0.15) is 12.1 Å². The van der Waals surface area contributed by atoms with E-state index in [0.717, 1.165) is 6.07 Å². The standard InChI is InChI=1S/C13H17F2NO3/c1-8(2)16-13(3,12(17)18)7-19-10-6-4-5-9(14)11(10)15/h4-6,8,16H,7H2,1-3H3,(H,17,18). The summed E-state index contributed by atoms with van der Waals surface area (Å²) in [6.07, 6.45) is 0. The van der Waals surface area contributed by atoms with Crippen LogP contribution in [0.4, 0.5) is 8.78 Å². The van der Waals surface area contributed by atoms with Crippen LogP contribution in [-0.2, 0) is 4.79 Å². The van der Waals surface area contributed by atoms with Crippen molar-refractivity contribution in [3.8, 4) is 5.75 Å². The zero-order chi connectivity index (χ0) is 14.6. The molecule has 6 heteroatoms. The van der Waals surface area contributed by atoms with E-state index in [-0.39, 0.29) is 18.4 Å². The molecule has 106 valence electrons. The Morgan fingerprint density at radius 1 is 1.47 bits per heavy atom. The molecule has 0 fully saturated rings. The van der Waals surface area contributed by atoms with Crippen LogP contribution in [0.2, 0.25) is 0 Å². The van der Waals surface area contributed by atoms with Gasteiger partial charge < -0.3 is 9.84 Å². The number of ether oxygens (including phenoxy) is 1. The summed E-state index contributed by atoms with van der Waals surface area (Å²) in [6, 6.07) is 3.41. The molecule has 2 N–H and O–H groups in total. The summed E-state index contributed by atoms with van der Waals surface area (Å²) >= 11 is 0. The van der Waals surface area contributed by atoms with E-state index in [9.17, 15) is 18.7 Å². The first-order chi connectivity index (χ1) is 8.76. The Hall–Kier alpha value is -1.69. The smallest absolute Gasteiger partial charge is 0.327 e. The number of nitrogens with one attached hydrogen (secondary N) is 1. The summed E-state index contributed by atoms with van der Waals surface area (Å²) in [4.78, 5) is 11.2. The zero-order valence-corrected chi connectivity index (χ0v) is 11.0. The minimum Gasteiger partial charge on any atom is -0.488 e. The van der Waals surface area contributed by atoms with Crippen molar-refractivity contribution < 1.29 is 23.4 Å². The van der Waals surface area contributed by atoms with Gasteiger partial charge in [-0.05, 0) is 32.9 Å². The van der Waals surface area contributed by atoms with Crippen LogP contribution in [0.3, 0.4) is 0 Å². The fourth-order valence-corrected chi connectivity index (χ4v) is 1.62. The first-order valence-electron chi connectivity index (χ1n) is 5.84. The number of hydrogen-bond donors (Lipinski definition) is 2. The fourth-order valence-electron chi connectivity index (χ4n) is 1.62. The summed E-state index contributed by atoms with van der Waals surface area (Å²) in [5, 5.41) is 12.0. The van der Waals surface area contributed by atoms with E-state index >= 15 is 0 Å². The van der Waals surface area contributed by atoms with Gasteiger partial charge in [-0.2, -0.15) is 4.39 Å². The molecule has 19 heavy (non-hydrogen) atoms. The number of carboxylic acid groups (broad SMARTS) is 1. The number of rotatable bonds is 6. The Morgan fingerprint density at radius 2 is 2.11 bits per heavy atom. The van der Waals surface area contributed by atoms with Crippen molar-refractivity contribution in [2.24, 2.45) is 0 Å². The zero-order valence-electron chi connectivity index (χ0n) is 11.0. The highest BCUT2D eigenvalue weighted by molar-refractivity contribution is 5.78. The second kappa shape index (κ2) is 5.97. The Morgan fingerprint density at radius 3 is 2.63 bits per heavy atom. The van der Waals surface area contributed by atoms with Crippen molar-refractivity contribution in [1.82, 2.24) is 5.32 Å².